The number of hydrogen-bond acceptors (Lipinski definition) is 3. The molecule has 0 unspecified atom stereocenters. The second kappa shape index (κ2) is 14.2. The summed E-state index contributed by atoms with van der Waals surface area (Å²) >= 11 is 0. The molecule has 2 aromatic carbocycles. The van der Waals surface area contributed by atoms with Crippen molar-refractivity contribution in [1.82, 2.24) is 15.5 Å². The van der Waals surface area contributed by atoms with Gasteiger partial charge in [-0.05, 0) is 80.5 Å². The summed E-state index contributed by atoms with van der Waals surface area (Å²) in [6, 6.07) is 13.1. The van der Waals surface area contributed by atoms with E-state index in [4.69, 9.17) is 0 Å². The van der Waals surface area contributed by atoms with Gasteiger partial charge in [-0.1, -0.05) is 51.2 Å². The topological polar surface area (TPSA) is 78.5 Å². The van der Waals surface area contributed by atoms with Gasteiger partial charge in [0.25, 0.3) is 11.8 Å². The lowest BCUT2D eigenvalue weighted by Crippen LogP contribution is -2.55. The summed E-state index contributed by atoms with van der Waals surface area (Å²) in [4.78, 5) is 41.0. The molecule has 210 valence electrons. The van der Waals surface area contributed by atoms with Crippen molar-refractivity contribution in [2.24, 2.45) is 5.92 Å². The van der Waals surface area contributed by atoms with E-state index in [2.05, 4.69) is 29.7 Å². The molecule has 0 bridgehead atoms. The fourth-order valence-electron chi connectivity index (χ4n) is 5.76. The Bertz CT molecular complexity index is 1100. The van der Waals surface area contributed by atoms with Crippen molar-refractivity contribution in [2.45, 2.75) is 89.6 Å². The number of benzene rings is 2. The number of likely N-dealkylation sites (tertiary alicyclic amines) is 1. The number of hydrogen-bond donors (Lipinski definition) is 2. The Kier molecular flexibility index (Phi) is 10.5. The van der Waals surface area contributed by atoms with Gasteiger partial charge in [0, 0.05) is 36.3 Å². The maximum absolute atomic E-state index is 13.3. The molecule has 3 atom stereocenters. The van der Waals surface area contributed by atoms with E-state index in [0.717, 1.165) is 44.9 Å². The molecule has 1 aliphatic carbocycles. The number of nitrogens with one attached hydrogen (secondary N) is 2. The van der Waals surface area contributed by atoms with Crippen LogP contribution in [0.3, 0.4) is 0 Å². The van der Waals surface area contributed by atoms with E-state index < -0.39 is 0 Å². The van der Waals surface area contributed by atoms with Crippen molar-refractivity contribution in [3.8, 4) is 0 Å². The van der Waals surface area contributed by atoms with E-state index in [-0.39, 0.29) is 41.5 Å². The summed E-state index contributed by atoms with van der Waals surface area (Å²) in [7, 11) is 0. The lowest BCUT2D eigenvalue weighted by Gasteiger charge is -2.36. The first-order valence-electron chi connectivity index (χ1n) is 14.7. The monoisotopic (exact) mass is 535 g/mol. The fraction of sp³-hybridized carbons (Fsp3) is 0.531. The largest absolute Gasteiger partial charge is 0.351 e. The number of rotatable bonds is 10. The van der Waals surface area contributed by atoms with E-state index in [1.54, 1.807) is 4.90 Å². The van der Waals surface area contributed by atoms with Crippen LogP contribution < -0.4 is 10.6 Å². The lowest BCUT2D eigenvalue weighted by atomic mass is 9.88. The minimum absolute atomic E-state index is 0.0212. The van der Waals surface area contributed by atoms with Crippen molar-refractivity contribution in [1.29, 1.82) is 0 Å². The van der Waals surface area contributed by atoms with Crippen LogP contribution in [0.1, 0.15) is 97.4 Å². The molecule has 0 spiro atoms. The van der Waals surface area contributed by atoms with Crippen LogP contribution in [0.4, 0.5) is 4.39 Å². The molecule has 1 aliphatic heterocycles. The van der Waals surface area contributed by atoms with Crippen LogP contribution in [0.2, 0.25) is 0 Å². The maximum atomic E-state index is 13.3. The van der Waals surface area contributed by atoms with Gasteiger partial charge in [-0.15, -0.1) is 0 Å². The molecular weight excluding hydrogens is 493 g/mol. The van der Waals surface area contributed by atoms with Crippen molar-refractivity contribution >= 4 is 17.7 Å². The van der Waals surface area contributed by atoms with E-state index in [1.807, 2.05) is 12.1 Å². The van der Waals surface area contributed by atoms with Crippen LogP contribution in [0, 0.1) is 11.7 Å². The molecule has 7 heteroatoms. The molecule has 0 aromatic heterocycles. The molecule has 0 radical (unpaired) electrons. The fourth-order valence-corrected chi connectivity index (χ4v) is 5.76. The van der Waals surface area contributed by atoms with E-state index >= 15 is 0 Å². The molecule has 2 fully saturated rings. The first-order chi connectivity index (χ1) is 18.9. The van der Waals surface area contributed by atoms with Crippen LogP contribution >= 0.6 is 0 Å². The Morgan fingerprint density at radius 2 is 1.49 bits per heavy atom. The first kappa shape index (κ1) is 28.8. The highest BCUT2D eigenvalue weighted by Crippen LogP contribution is 2.23. The van der Waals surface area contributed by atoms with Crippen LogP contribution in [0.5, 0.6) is 0 Å². The third-order valence-corrected chi connectivity index (χ3v) is 8.12. The maximum Gasteiger partial charge on any atom is 0.253 e. The summed E-state index contributed by atoms with van der Waals surface area (Å²) in [6.07, 6.45) is 11.0. The van der Waals surface area contributed by atoms with Gasteiger partial charge < -0.3 is 15.5 Å². The Hall–Kier alpha value is -3.22. The predicted octanol–water partition coefficient (Wildman–Crippen LogP) is 5.66. The van der Waals surface area contributed by atoms with E-state index in [0.29, 0.717) is 24.2 Å². The SMILES string of the molecule is CCCCCCc1ccc(C(=O)N2CCC[C@H](C(=O)N[C@@H]3CCCC[C@H]3NC(=O)c3ccc(F)cc3)C2)cc1. The Labute approximate surface area is 231 Å². The molecule has 39 heavy (non-hydrogen) atoms. The van der Waals surface area contributed by atoms with Gasteiger partial charge in [0.2, 0.25) is 5.91 Å². The van der Waals surface area contributed by atoms with Gasteiger partial charge >= 0.3 is 0 Å². The highest BCUT2D eigenvalue weighted by Gasteiger charge is 2.33. The molecule has 2 aromatic rings. The third-order valence-electron chi connectivity index (χ3n) is 8.12. The van der Waals surface area contributed by atoms with Crippen LogP contribution in [-0.4, -0.2) is 47.8 Å². The summed E-state index contributed by atoms with van der Waals surface area (Å²) in [6.45, 7) is 3.27. The number of nitrogens with zero attached hydrogens (tertiary/aromatic N) is 1. The molecule has 6 nitrogen and oxygen atoms in total. The number of carbonyl (C=O) groups is 3. The normalized spacial score (nSPS) is 21.3. The zero-order chi connectivity index (χ0) is 27.6. The Morgan fingerprint density at radius 3 is 2.18 bits per heavy atom. The zero-order valence-electron chi connectivity index (χ0n) is 23.1. The number of carbonyl (C=O) groups excluding carboxylic acids is 3. The summed E-state index contributed by atoms with van der Waals surface area (Å²) in [5.74, 6) is -0.988. The number of halogens is 1. The Morgan fingerprint density at radius 1 is 0.821 bits per heavy atom. The van der Waals surface area contributed by atoms with Crippen molar-refractivity contribution < 1.29 is 18.8 Å². The average Bonchev–Trinajstić information content (AvgIpc) is 2.96. The van der Waals surface area contributed by atoms with Crippen LogP contribution in [-0.2, 0) is 11.2 Å². The van der Waals surface area contributed by atoms with Crippen molar-refractivity contribution in [3.05, 3.63) is 71.0 Å². The molecule has 1 saturated carbocycles. The van der Waals surface area contributed by atoms with Gasteiger partial charge in [-0.25, -0.2) is 4.39 Å². The van der Waals surface area contributed by atoms with Gasteiger partial charge in [0.1, 0.15) is 5.82 Å². The molecule has 1 heterocycles. The number of piperidine rings is 1. The van der Waals surface area contributed by atoms with Crippen molar-refractivity contribution in [3.63, 3.8) is 0 Å². The molecule has 1 saturated heterocycles. The predicted molar refractivity (Wildman–Crippen MR) is 151 cm³/mol. The van der Waals surface area contributed by atoms with E-state index in [9.17, 15) is 18.8 Å². The van der Waals surface area contributed by atoms with Crippen LogP contribution in [0.15, 0.2) is 48.5 Å². The molecule has 2 N–H and O–H groups in total. The summed E-state index contributed by atoms with van der Waals surface area (Å²) in [5, 5.41) is 6.23. The zero-order valence-corrected chi connectivity index (χ0v) is 23.1. The standard InChI is InChI=1S/C32H42FN3O3/c1-2-3-4-5-9-23-13-15-25(16-14-23)32(39)36-21-8-10-26(22-36)31(38)35-29-12-7-6-11-28(29)34-30(37)24-17-19-27(33)20-18-24/h13-20,26,28-29H,2-12,21-22H2,1H3,(H,34,37)(H,35,38)/t26-,28+,29+/m0/s1. The van der Waals surface area contributed by atoms with Crippen molar-refractivity contribution in [2.75, 3.05) is 13.1 Å². The minimum atomic E-state index is -0.385. The molecule has 3 amide bonds. The highest BCUT2D eigenvalue weighted by atomic mass is 19.1. The van der Waals surface area contributed by atoms with Crippen LogP contribution in [0.25, 0.3) is 0 Å². The minimum Gasteiger partial charge on any atom is -0.351 e. The Balaban J connectivity index is 1.30. The summed E-state index contributed by atoms with van der Waals surface area (Å²) < 4.78 is 13.2. The first-order valence-corrected chi connectivity index (χ1v) is 14.7. The summed E-state index contributed by atoms with van der Waals surface area (Å²) in [5.41, 5.74) is 2.33. The van der Waals surface area contributed by atoms with Gasteiger partial charge in [0.05, 0.1) is 5.92 Å². The second-order valence-corrected chi connectivity index (χ2v) is 11.1. The van der Waals surface area contributed by atoms with Gasteiger partial charge in [-0.2, -0.15) is 0 Å². The lowest BCUT2D eigenvalue weighted by molar-refractivity contribution is -0.127. The number of aryl methyl sites for hydroxylation is 1. The van der Waals surface area contributed by atoms with Gasteiger partial charge in [-0.3, -0.25) is 14.4 Å². The van der Waals surface area contributed by atoms with Gasteiger partial charge in [0.15, 0.2) is 0 Å². The molecular formula is C32H42FN3O3. The average molecular weight is 536 g/mol. The highest BCUT2D eigenvalue weighted by molar-refractivity contribution is 5.95. The quantitative estimate of drug-likeness (QED) is 0.386. The number of amides is 3. The second-order valence-electron chi connectivity index (χ2n) is 11.1. The third kappa shape index (κ3) is 8.13. The molecule has 2 aliphatic rings. The molecule has 4 rings (SSSR count). The smallest absolute Gasteiger partial charge is 0.253 e. The van der Waals surface area contributed by atoms with E-state index in [1.165, 1.54) is 55.5 Å². The number of unbranched alkanes of at least 4 members (excludes halogenated alkanes) is 3.